The monoisotopic (exact) mass is 296 g/mol. The lowest BCUT2D eigenvalue weighted by Crippen LogP contribution is -2.20. The molecule has 0 bridgehead atoms. The fourth-order valence-electron chi connectivity index (χ4n) is 1.28. The second kappa shape index (κ2) is 5.59. The number of carbonyl (C=O) groups excluding carboxylic acids is 1. The van der Waals surface area contributed by atoms with Crippen LogP contribution in [0.2, 0.25) is 0 Å². The molecule has 0 N–H and O–H groups in total. The van der Waals surface area contributed by atoms with Gasteiger partial charge in [-0.3, -0.25) is 10.1 Å². The van der Waals surface area contributed by atoms with E-state index in [9.17, 15) is 28.1 Å². The average molecular weight is 296 g/mol. The van der Waals surface area contributed by atoms with E-state index in [1.165, 1.54) is 0 Å². The summed E-state index contributed by atoms with van der Waals surface area (Å²) >= 11 is 0. The van der Waals surface area contributed by atoms with Crippen molar-refractivity contribution in [3.8, 4) is 11.6 Å². The van der Waals surface area contributed by atoms with E-state index >= 15 is 0 Å². The summed E-state index contributed by atoms with van der Waals surface area (Å²) in [4.78, 5) is 24.3. The van der Waals surface area contributed by atoms with Crippen LogP contribution in [0, 0.1) is 10.1 Å². The van der Waals surface area contributed by atoms with Gasteiger partial charge in [0.15, 0.2) is 5.56 Å². The Hall–Kier alpha value is -2.59. The number of nitro groups is 1. The van der Waals surface area contributed by atoms with Crippen LogP contribution in [-0.4, -0.2) is 36.5 Å². The summed E-state index contributed by atoms with van der Waals surface area (Å²) in [6, 6.07) is 0. The maximum atomic E-state index is 12.2. The minimum atomic E-state index is -5.11. The quantitative estimate of drug-likeness (QED) is 0.473. The molecule has 1 aromatic rings. The van der Waals surface area contributed by atoms with Crippen molar-refractivity contribution < 1.29 is 37.1 Å². The Bertz CT molecular complexity index is 545. The van der Waals surface area contributed by atoms with Gasteiger partial charge in [0.1, 0.15) is 6.20 Å². The van der Waals surface area contributed by atoms with E-state index in [4.69, 9.17) is 0 Å². The van der Waals surface area contributed by atoms with Gasteiger partial charge < -0.3 is 14.2 Å². The van der Waals surface area contributed by atoms with Gasteiger partial charge in [0.25, 0.3) is 5.88 Å². The lowest BCUT2D eigenvalue weighted by Gasteiger charge is -2.13. The van der Waals surface area contributed by atoms with E-state index in [1.54, 1.807) is 0 Å². The number of rotatable bonds is 4. The van der Waals surface area contributed by atoms with Crippen molar-refractivity contribution in [2.75, 3.05) is 14.2 Å². The zero-order valence-corrected chi connectivity index (χ0v) is 10.1. The topological polar surface area (TPSA) is 101 Å². The third kappa shape index (κ3) is 3.24. The minimum absolute atomic E-state index is 0.440. The van der Waals surface area contributed by atoms with Crippen LogP contribution in [0.5, 0.6) is 11.6 Å². The zero-order valence-electron chi connectivity index (χ0n) is 10.1. The summed E-state index contributed by atoms with van der Waals surface area (Å²) < 4.78 is 48.8. The lowest BCUT2D eigenvalue weighted by atomic mass is 10.2. The number of esters is 1. The Morgan fingerprint density at radius 3 is 2.40 bits per heavy atom. The van der Waals surface area contributed by atoms with Gasteiger partial charge in [-0.05, 0) is 0 Å². The molecule has 0 saturated heterocycles. The molecule has 1 rings (SSSR count). The normalized spacial score (nSPS) is 10.8. The van der Waals surface area contributed by atoms with Crippen molar-refractivity contribution in [3.63, 3.8) is 0 Å². The zero-order chi connectivity index (χ0) is 15.5. The van der Waals surface area contributed by atoms with Crippen molar-refractivity contribution in [2.45, 2.75) is 6.36 Å². The van der Waals surface area contributed by atoms with Crippen LogP contribution in [0.1, 0.15) is 10.4 Å². The van der Waals surface area contributed by atoms with Crippen molar-refractivity contribution in [3.05, 3.63) is 21.9 Å². The average Bonchev–Trinajstić information content (AvgIpc) is 2.34. The van der Waals surface area contributed by atoms with Crippen LogP contribution in [0.15, 0.2) is 6.20 Å². The van der Waals surface area contributed by atoms with Crippen LogP contribution in [0.25, 0.3) is 0 Å². The van der Waals surface area contributed by atoms with Gasteiger partial charge in [-0.15, -0.1) is 13.2 Å². The van der Waals surface area contributed by atoms with Crippen molar-refractivity contribution >= 4 is 11.7 Å². The number of ether oxygens (including phenoxy) is 3. The predicted molar refractivity (Wildman–Crippen MR) is 55.5 cm³/mol. The Balaban J connectivity index is 3.52. The molecule has 0 atom stereocenters. The van der Waals surface area contributed by atoms with Crippen LogP contribution < -0.4 is 9.47 Å². The molecular formula is C9H7F3N2O6. The van der Waals surface area contributed by atoms with Gasteiger partial charge in [0, 0.05) is 0 Å². The first-order chi connectivity index (χ1) is 9.21. The Kier molecular flexibility index (Phi) is 4.32. The fourth-order valence-corrected chi connectivity index (χ4v) is 1.28. The number of carbonyl (C=O) groups is 1. The molecule has 0 aliphatic carbocycles. The Labute approximate surface area is 109 Å². The van der Waals surface area contributed by atoms with Crippen LogP contribution >= 0.6 is 0 Å². The summed E-state index contributed by atoms with van der Waals surface area (Å²) in [5, 5.41) is 10.7. The fraction of sp³-hybridized carbons (Fsp3) is 0.333. The van der Waals surface area contributed by atoms with Gasteiger partial charge >= 0.3 is 18.0 Å². The number of hydrogen-bond donors (Lipinski definition) is 0. The Morgan fingerprint density at radius 1 is 1.40 bits per heavy atom. The number of hydrogen-bond acceptors (Lipinski definition) is 7. The standard InChI is InChI=1S/C9H7F3N2O6/c1-18-6-5(8(15)19-2)4(14(16)17)3-13-7(6)20-9(10,11)12/h3H,1-2H3. The van der Waals surface area contributed by atoms with Gasteiger partial charge in [-0.2, -0.15) is 0 Å². The third-order valence-corrected chi connectivity index (χ3v) is 1.98. The van der Waals surface area contributed by atoms with E-state index < -0.39 is 40.1 Å². The smallest absolute Gasteiger partial charge is 0.490 e. The van der Waals surface area contributed by atoms with Crippen LogP contribution in [-0.2, 0) is 4.74 Å². The molecule has 0 aliphatic heterocycles. The van der Waals surface area contributed by atoms with Crippen molar-refractivity contribution in [2.24, 2.45) is 0 Å². The molecule has 20 heavy (non-hydrogen) atoms. The highest BCUT2D eigenvalue weighted by Gasteiger charge is 2.37. The molecule has 0 spiro atoms. The Morgan fingerprint density at radius 2 is 2.00 bits per heavy atom. The molecule has 0 unspecified atom stereocenters. The van der Waals surface area contributed by atoms with Crippen molar-refractivity contribution in [1.82, 2.24) is 4.98 Å². The highest BCUT2D eigenvalue weighted by Crippen LogP contribution is 2.37. The van der Waals surface area contributed by atoms with E-state index in [0.29, 0.717) is 6.20 Å². The lowest BCUT2D eigenvalue weighted by molar-refractivity contribution is -0.385. The van der Waals surface area contributed by atoms with E-state index in [1.807, 2.05) is 0 Å². The predicted octanol–water partition coefficient (Wildman–Crippen LogP) is 1.68. The summed E-state index contributed by atoms with van der Waals surface area (Å²) in [6.45, 7) is 0. The first-order valence-electron chi connectivity index (χ1n) is 4.76. The largest absolute Gasteiger partial charge is 0.574 e. The van der Waals surface area contributed by atoms with Gasteiger partial charge in [0.2, 0.25) is 5.75 Å². The number of aromatic nitrogens is 1. The molecule has 0 fully saturated rings. The van der Waals surface area contributed by atoms with E-state index in [2.05, 4.69) is 19.2 Å². The number of alkyl halides is 3. The molecule has 0 aromatic carbocycles. The van der Waals surface area contributed by atoms with E-state index in [-0.39, 0.29) is 0 Å². The molecular weight excluding hydrogens is 289 g/mol. The number of halogens is 3. The summed E-state index contributed by atoms with van der Waals surface area (Å²) in [5.74, 6) is -3.24. The second-order valence-corrected chi connectivity index (χ2v) is 3.15. The van der Waals surface area contributed by atoms with Crippen molar-refractivity contribution in [1.29, 1.82) is 0 Å². The molecule has 0 amide bonds. The van der Waals surface area contributed by atoms with E-state index in [0.717, 1.165) is 14.2 Å². The molecule has 1 heterocycles. The van der Waals surface area contributed by atoms with Gasteiger partial charge in [0.05, 0.1) is 19.1 Å². The highest BCUT2D eigenvalue weighted by molar-refractivity contribution is 5.97. The molecule has 11 heteroatoms. The number of methoxy groups -OCH3 is 2. The second-order valence-electron chi connectivity index (χ2n) is 3.15. The summed E-state index contributed by atoms with van der Waals surface area (Å²) in [5.41, 5.74) is -1.70. The molecule has 0 radical (unpaired) electrons. The minimum Gasteiger partial charge on any atom is -0.490 e. The molecule has 1 aromatic heterocycles. The maximum absolute atomic E-state index is 12.2. The first-order valence-corrected chi connectivity index (χ1v) is 4.76. The summed E-state index contributed by atoms with van der Waals surface area (Å²) in [6.07, 6.45) is -4.67. The molecule has 0 saturated carbocycles. The third-order valence-electron chi connectivity index (χ3n) is 1.98. The van der Waals surface area contributed by atoms with Gasteiger partial charge in [-0.1, -0.05) is 0 Å². The maximum Gasteiger partial charge on any atom is 0.574 e. The number of nitrogens with zero attached hydrogens (tertiary/aromatic N) is 2. The van der Waals surface area contributed by atoms with Crippen LogP contribution in [0.3, 0.4) is 0 Å². The number of pyridine rings is 1. The molecule has 8 nitrogen and oxygen atoms in total. The molecule has 110 valence electrons. The summed E-state index contributed by atoms with van der Waals surface area (Å²) in [7, 11) is 1.80. The van der Waals surface area contributed by atoms with Gasteiger partial charge in [-0.25, -0.2) is 9.78 Å². The van der Waals surface area contributed by atoms with Crippen LogP contribution in [0.4, 0.5) is 18.9 Å². The highest BCUT2D eigenvalue weighted by atomic mass is 19.4. The first kappa shape index (κ1) is 15.5. The SMILES string of the molecule is COC(=O)c1c([N+](=O)[O-])cnc(OC(F)(F)F)c1OC. The molecule has 0 aliphatic rings.